The molecule has 7 nitrogen and oxygen atoms in total. The first kappa shape index (κ1) is 18.4. The van der Waals surface area contributed by atoms with Gasteiger partial charge in [-0.2, -0.15) is 0 Å². The number of aromatic nitrogens is 4. The van der Waals surface area contributed by atoms with E-state index in [-0.39, 0.29) is 5.96 Å². The Kier molecular flexibility index (Phi) is 4.95. The van der Waals surface area contributed by atoms with E-state index in [2.05, 4.69) is 19.9 Å². The van der Waals surface area contributed by atoms with Crippen molar-refractivity contribution >= 4 is 28.6 Å². The van der Waals surface area contributed by atoms with Gasteiger partial charge < -0.3 is 15.6 Å². The van der Waals surface area contributed by atoms with Crippen LogP contribution >= 0.6 is 11.6 Å². The Balaban J connectivity index is 1.61. The summed E-state index contributed by atoms with van der Waals surface area (Å²) in [7, 11) is 0. The summed E-state index contributed by atoms with van der Waals surface area (Å²) < 4.78 is 14.3. The maximum absolute atomic E-state index is 14.3. The highest BCUT2D eigenvalue weighted by atomic mass is 35.5. The highest BCUT2D eigenvalue weighted by Gasteiger charge is 2.16. The number of hydrogen-bond donors (Lipinski definition) is 3. The molecular formula is C19H19ClFN7. The molecule has 4 rings (SSSR count). The standard InChI is InChI=1S/C19H19ClFN7/c20-12-6-13-14(8-25-17(13)24-7-12)18-26-9-15(21)16(27-18)4-3-11-2-1-5-28(10-11)19(22)23/h3,6-9H,1-2,4-5,10H2,(H3,22,23)(H,24,25). The summed E-state index contributed by atoms with van der Waals surface area (Å²) in [6.07, 6.45) is 8.65. The normalized spacial score (nSPS) is 16.1. The summed E-state index contributed by atoms with van der Waals surface area (Å²) in [6, 6.07) is 1.78. The zero-order valence-corrected chi connectivity index (χ0v) is 15.8. The van der Waals surface area contributed by atoms with Gasteiger partial charge in [-0.1, -0.05) is 23.3 Å². The molecular weight excluding hydrogens is 381 g/mol. The first-order valence-corrected chi connectivity index (χ1v) is 9.30. The monoisotopic (exact) mass is 399 g/mol. The number of nitrogens with two attached hydrogens (primary N) is 1. The van der Waals surface area contributed by atoms with Gasteiger partial charge in [-0.05, 0) is 18.9 Å². The average Bonchev–Trinajstić information content (AvgIpc) is 3.10. The summed E-state index contributed by atoms with van der Waals surface area (Å²) in [6.45, 7) is 1.37. The van der Waals surface area contributed by atoms with E-state index in [9.17, 15) is 4.39 Å². The van der Waals surface area contributed by atoms with Crippen LogP contribution < -0.4 is 5.73 Å². The van der Waals surface area contributed by atoms with Gasteiger partial charge in [0.25, 0.3) is 0 Å². The van der Waals surface area contributed by atoms with E-state index in [1.54, 1.807) is 23.4 Å². The molecule has 1 saturated heterocycles. The van der Waals surface area contributed by atoms with E-state index in [0.29, 0.717) is 35.2 Å². The predicted molar refractivity (Wildman–Crippen MR) is 107 cm³/mol. The SMILES string of the molecule is N=C(N)N1CCCC(=CCc2nc(-c3c[nH]c4ncc(Cl)cc34)ncc2F)C1. The quantitative estimate of drug-likeness (QED) is 0.356. The molecule has 4 heterocycles. The van der Waals surface area contributed by atoms with E-state index in [1.807, 2.05) is 6.08 Å². The lowest BCUT2D eigenvalue weighted by Crippen LogP contribution is -2.40. The minimum atomic E-state index is -0.448. The number of hydrogen-bond acceptors (Lipinski definition) is 4. The van der Waals surface area contributed by atoms with Crippen molar-refractivity contribution < 1.29 is 4.39 Å². The topological polar surface area (TPSA) is 108 Å². The number of halogens is 2. The molecule has 144 valence electrons. The number of H-pyrrole nitrogens is 1. The Bertz CT molecular complexity index is 1080. The van der Waals surface area contributed by atoms with Gasteiger partial charge >= 0.3 is 0 Å². The molecule has 1 aliphatic heterocycles. The molecule has 0 aromatic carbocycles. The van der Waals surface area contributed by atoms with E-state index in [4.69, 9.17) is 22.7 Å². The molecule has 0 unspecified atom stereocenters. The molecule has 1 aliphatic rings. The van der Waals surface area contributed by atoms with Crippen LogP contribution in [0.1, 0.15) is 18.5 Å². The third-order valence-corrected chi connectivity index (χ3v) is 5.01. The number of nitrogens with one attached hydrogen (secondary N) is 2. The van der Waals surface area contributed by atoms with Crippen LogP contribution in [0.15, 0.2) is 36.3 Å². The van der Waals surface area contributed by atoms with E-state index in [0.717, 1.165) is 35.9 Å². The summed E-state index contributed by atoms with van der Waals surface area (Å²) in [5, 5.41) is 8.87. The Morgan fingerprint density at radius 3 is 3.07 bits per heavy atom. The van der Waals surface area contributed by atoms with Gasteiger partial charge in [0.15, 0.2) is 17.6 Å². The first-order chi connectivity index (χ1) is 13.5. The average molecular weight is 400 g/mol. The van der Waals surface area contributed by atoms with Crippen molar-refractivity contribution in [2.75, 3.05) is 13.1 Å². The van der Waals surface area contributed by atoms with Crippen LogP contribution in [0.5, 0.6) is 0 Å². The smallest absolute Gasteiger partial charge is 0.188 e. The number of likely N-dealkylation sites (tertiary alicyclic amines) is 1. The van der Waals surface area contributed by atoms with Crippen molar-refractivity contribution in [3.8, 4) is 11.4 Å². The maximum atomic E-state index is 14.3. The van der Waals surface area contributed by atoms with Crippen molar-refractivity contribution in [2.24, 2.45) is 5.73 Å². The van der Waals surface area contributed by atoms with Crippen LogP contribution in [-0.2, 0) is 6.42 Å². The fraction of sp³-hybridized carbons (Fsp3) is 0.263. The fourth-order valence-electron chi connectivity index (χ4n) is 3.35. The lowest BCUT2D eigenvalue weighted by atomic mass is 10.0. The van der Waals surface area contributed by atoms with Gasteiger partial charge in [0.05, 0.1) is 16.9 Å². The maximum Gasteiger partial charge on any atom is 0.188 e. The van der Waals surface area contributed by atoms with Crippen molar-refractivity contribution in [1.29, 1.82) is 5.41 Å². The number of rotatable bonds is 3. The second-order valence-corrected chi connectivity index (χ2v) is 7.15. The molecule has 0 spiro atoms. The molecule has 3 aromatic rings. The molecule has 0 saturated carbocycles. The van der Waals surface area contributed by atoms with Crippen LogP contribution in [0.25, 0.3) is 22.4 Å². The molecule has 0 amide bonds. The summed E-state index contributed by atoms with van der Waals surface area (Å²) >= 11 is 6.05. The summed E-state index contributed by atoms with van der Waals surface area (Å²) in [5.74, 6) is 0.0302. The minimum absolute atomic E-state index is 0.0627. The van der Waals surface area contributed by atoms with E-state index < -0.39 is 5.82 Å². The first-order valence-electron chi connectivity index (χ1n) is 8.92. The number of pyridine rings is 1. The zero-order valence-electron chi connectivity index (χ0n) is 15.0. The Morgan fingerprint density at radius 1 is 1.39 bits per heavy atom. The number of nitrogens with zero attached hydrogens (tertiary/aromatic N) is 4. The minimum Gasteiger partial charge on any atom is -0.370 e. The van der Waals surface area contributed by atoms with E-state index >= 15 is 0 Å². The summed E-state index contributed by atoms with van der Waals surface area (Å²) in [4.78, 5) is 17.7. The van der Waals surface area contributed by atoms with Gasteiger partial charge in [0, 0.05) is 42.9 Å². The van der Waals surface area contributed by atoms with Gasteiger partial charge in [-0.15, -0.1) is 0 Å². The third kappa shape index (κ3) is 3.68. The predicted octanol–water partition coefficient (Wildman–Crippen LogP) is 3.27. The van der Waals surface area contributed by atoms with Crippen LogP contribution in [0.4, 0.5) is 4.39 Å². The molecule has 0 atom stereocenters. The number of fused-ring (bicyclic) bond motifs is 1. The number of piperidine rings is 1. The van der Waals surface area contributed by atoms with Crippen LogP contribution in [-0.4, -0.2) is 43.9 Å². The lowest BCUT2D eigenvalue weighted by molar-refractivity contribution is 0.391. The second-order valence-electron chi connectivity index (χ2n) is 6.72. The van der Waals surface area contributed by atoms with Gasteiger partial charge in [-0.25, -0.2) is 19.3 Å². The molecule has 1 fully saturated rings. The molecule has 4 N–H and O–H groups in total. The Labute approximate surface area is 166 Å². The zero-order chi connectivity index (χ0) is 19.7. The number of aromatic amines is 1. The van der Waals surface area contributed by atoms with Crippen molar-refractivity contribution in [3.63, 3.8) is 0 Å². The third-order valence-electron chi connectivity index (χ3n) is 4.80. The molecule has 0 radical (unpaired) electrons. The summed E-state index contributed by atoms with van der Waals surface area (Å²) in [5.41, 5.74) is 8.42. The molecule has 0 aliphatic carbocycles. The largest absolute Gasteiger partial charge is 0.370 e. The lowest BCUT2D eigenvalue weighted by Gasteiger charge is -2.28. The molecule has 3 aromatic heterocycles. The van der Waals surface area contributed by atoms with Crippen LogP contribution in [0.3, 0.4) is 0 Å². The van der Waals surface area contributed by atoms with Crippen molar-refractivity contribution in [2.45, 2.75) is 19.3 Å². The van der Waals surface area contributed by atoms with E-state index in [1.165, 1.54) is 6.20 Å². The van der Waals surface area contributed by atoms with Gasteiger partial charge in [-0.3, -0.25) is 5.41 Å². The Morgan fingerprint density at radius 2 is 2.25 bits per heavy atom. The van der Waals surface area contributed by atoms with Crippen LogP contribution in [0.2, 0.25) is 5.02 Å². The molecule has 28 heavy (non-hydrogen) atoms. The number of guanidine groups is 1. The highest BCUT2D eigenvalue weighted by molar-refractivity contribution is 6.31. The molecule has 9 heteroatoms. The Hall–Kier alpha value is -3.00. The second kappa shape index (κ2) is 7.55. The number of allylic oxidation sites excluding steroid dienone is 1. The van der Waals surface area contributed by atoms with Gasteiger partial charge in [0.1, 0.15) is 5.65 Å². The van der Waals surface area contributed by atoms with Crippen LogP contribution in [0, 0.1) is 11.2 Å². The fourth-order valence-corrected chi connectivity index (χ4v) is 3.51. The molecule has 0 bridgehead atoms. The highest BCUT2D eigenvalue weighted by Crippen LogP contribution is 2.27. The van der Waals surface area contributed by atoms with Gasteiger partial charge in [0.2, 0.25) is 0 Å². The van der Waals surface area contributed by atoms with Crippen molar-refractivity contribution in [3.05, 3.63) is 52.8 Å². The van der Waals surface area contributed by atoms with Crippen molar-refractivity contribution in [1.82, 2.24) is 24.8 Å².